The molecule has 0 radical (unpaired) electrons. The lowest BCUT2D eigenvalue weighted by molar-refractivity contribution is -0.207. The van der Waals surface area contributed by atoms with E-state index in [2.05, 4.69) is 0 Å². The number of fused-ring (bicyclic) bond motifs is 2. The number of carbonyl (C=O) groups is 1. The Kier molecular flexibility index (Phi) is 2.78. The van der Waals surface area contributed by atoms with Crippen molar-refractivity contribution in [2.45, 2.75) is 64.3 Å². The Morgan fingerprint density at radius 1 is 1.26 bits per heavy atom. The minimum Gasteiger partial charge on any atom is -0.459 e. The Hall–Kier alpha value is -0.610. The second kappa shape index (κ2) is 3.95. The fraction of sp³-hybridized carbons (Fsp3) is 0.933. The zero-order valence-electron chi connectivity index (χ0n) is 11.9. The van der Waals surface area contributed by atoms with E-state index in [1.807, 2.05) is 20.8 Å². The molecule has 4 heteroatoms. The summed E-state index contributed by atoms with van der Waals surface area (Å²) >= 11 is 0. The van der Waals surface area contributed by atoms with Crippen LogP contribution >= 0.6 is 0 Å². The van der Waals surface area contributed by atoms with E-state index in [-0.39, 0.29) is 35.2 Å². The molecule has 108 valence electrons. The van der Waals surface area contributed by atoms with Crippen molar-refractivity contribution in [2.75, 3.05) is 0 Å². The van der Waals surface area contributed by atoms with E-state index in [0.717, 1.165) is 19.3 Å². The molecule has 0 bridgehead atoms. The molecule has 19 heavy (non-hydrogen) atoms. The predicted octanol–water partition coefficient (Wildman–Crippen LogP) is 1.49. The van der Waals surface area contributed by atoms with Gasteiger partial charge in [0.2, 0.25) is 0 Å². The lowest BCUT2D eigenvalue weighted by Gasteiger charge is -2.58. The highest BCUT2D eigenvalue weighted by atomic mass is 16.6. The zero-order chi connectivity index (χ0) is 14.0. The molecule has 0 unspecified atom stereocenters. The van der Waals surface area contributed by atoms with E-state index in [9.17, 15) is 15.0 Å². The van der Waals surface area contributed by atoms with Crippen molar-refractivity contribution in [3.8, 4) is 0 Å². The van der Waals surface area contributed by atoms with Crippen LogP contribution in [0.3, 0.4) is 0 Å². The highest BCUT2D eigenvalue weighted by molar-refractivity contribution is 5.75. The van der Waals surface area contributed by atoms with Crippen molar-refractivity contribution in [1.29, 1.82) is 0 Å². The minimum atomic E-state index is -0.746. The van der Waals surface area contributed by atoms with E-state index in [1.54, 1.807) is 0 Å². The summed E-state index contributed by atoms with van der Waals surface area (Å²) in [5.74, 6) is -0.233. The van der Waals surface area contributed by atoms with Gasteiger partial charge in [-0.05, 0) is 38.5 Å². The third kappa shape index (κ3) is 1.69. The van der Waals surface area contributed by atoms with Gasteiger partial charge in [-0.2, -0.15) is 0 Å². The Labute approximate surface area is 114 Å². The monoisotopic (exact) mass is 268 g/mol. The van der Waals surface area contributed by atoms with Crippen LogP contribution in [0, 0.1) is 23.2 Å². The molecule has 2 N–H and O–H groups in total. The highest BCUT2D eigenvalue weighted by Crippen LogP contribution is 2.58. The maximum Gasteiger partial charge on any atom is 0.309 e. The van der Waals surface area contributed by atoms with Crippen LogP contribution in [0.2, 0.25) is 0 Å². The average molecular weight is 268 g/mol. The second-order valence-corrected chi connectivity index (χ2v) is 7.29. The van der Waals surface area contributed by atoms with Gasteiger partial charge >= 0.3 is 5.97 Å². The predicted molar refractivity (Wildman–Crippen MR) is 69.2 cm³/mol. The summed E-state index contributed by atoms with van der Waals surface area (Å²) in [6, 6.07) is 0. The van der Waals surface area contributed by atoms with E-state index < -0.39 is 11.7 Å². The smallest absolute Gasteiger partial charge is 0.309 e. The van der Waals surface area contributed by atoms with Gasteiger partial charge in [0.1, 0.15) is 6.10 Å². The van der Waals surface area contributed by atoms with E-state index in [1.165, 1.54) is 0 Å². The molecule has 1 aliphatic heterocycles. The first-order chi connectivity index (χ1) is 8.77. The molecule has 4 nitrogen and oxygen atoms in total. The molecule has 2 aliphatic carbocycles. The van der Waals surface area contributed by atoms with Crippen LogP contribution in [0.5, 0.6) is 0 Å². The summed E-state index contributed by atoms with van der Waals surface area (Å²) in [4.78, 5) is 11.8. The van der Waals surface area contributed by atoms with Gasteiger partial charge in [-0.3, -0.25) is 4.79 Å². The Morgan fingerprint density at radius 3 is 2.53 bits per heavy atom. The van der Waals surface area contributed by atoms with E-state index in [4.69, 9.17) is 4.74 Å². The molecular weight excluding hydrogens is 244 g/mol. The van der Waals surface area contributed by atoms with Crippen molar-refractivity contribution >= 4 is 5.97 Å². The number of hydrogen-bond donors (Lipinski definition) is 2. The SMILES string of the molecule is C[C@@H]1C(=O)O[C@H]2[C@H]1CC[C@@](C)(O)[C@@H]1CC[C@@]1(C)[C@@H]2O. The van der Waals surface area contributed by atoms with Crippen LogP contribution in [0.15, 0.2) is 0 Å². The fourth-order valence-corrected chi connectivity index (χ4v) is 4.63. The van der Waals surface area contributed by atoms with Gasteiger partial charge in [0.15, 0.2) is 0 Å². The number of carbonyl (C=O) groups excluding carboxylic acids is 1. The molecule has 0 aromatic heterocycles. The molecule has 3 aliphatic rings. The van der Waals surface area contributed by atoms with Crippen LogP contribution in [-0.4, -0.2) is 34.0 Å². The van der Waals surface area contributed by atoms with Crippen LogP contribution in [-0.2, 0) is 9.53 Å². The zero-order valence-corrected chi connectivity index (χ0v) is 11.9. The number of hydrogen-bond acceptors (Lipinski definition) is 4. The number of aliphatic hydroxyl groups excluding tert-OH is 1. The summed E-state index contributed by atoms with van der Waals surface area (Å²) in [7, 11) is 0. The van der Waals surface area contributed by atoms with Crippen LogP contribution in [0.4, 0.5) is 0 Å². The first-order valence-corrected chi connectivity index (χ1v) is 7.38. The number of rotatable bonds is 0. The quantitative estimate of drug-likeness (QED) is 0.653. The molecule has 2 saturated carbocycles. The first kappa shape index (κ1) is 13.4. The molecular formula is C15H24O4. The topological polar surface area (TPSA) is 66.8 Å². The number of aliphatic hydroxyl groups is 2. The van der Waals surface area contributed by atoms with Crippen molar-refractivity contribution in [1.82, 2.24) is 0 Å². The Morgan fingerprint density at radius 2 is 1.95 bits per heavy atom. The third-order valence-corrected chi connectivity index (χ3v) is 6.18. The van der Waals surface area contributed by atoms with Crippen LogP contribution in [0.1, 0.15) is 46.5 Å². The summed E-state index contributed by atoms with van der Waals surface area (Å²) in [6.45, 7) is 5.78. The second-order valence-electron chi connectivity index (χ2n) is 7.29. The third-order valence-electron chi connectivity index (χ3n) is 6.18. The molecule has 1 saturated heterocycles. The lowest BCUT2D eigenvalue weighted by atomic mass is 9.50. The van der Waals surface area contributed by atoms with Gasteiger partial charge < -0.3 is 14.9 Å². The van der Waals surface area contributed by atoms with E-state index >= 15 is 0 Å². The molecule has 0 spiro atoms. The molecule has 0 amide bonds. The first-order valence-electron chi connectivity index (χ1n) is 7.38. The molecule has 7 atom stereocenters. The van der Waals surface area contributed by atoms with Crippen LogP contribution < -0.4 is 0 Å². The minimum absolute atomic E-state index is 0.0346. The molecule has 1 heterocycles. The van der Waals surface area contributed by atoms with Crippen molar-refractivity contribution in [2.24, 2.45) is 23.2 Å². The van der Waals surface area contributed by atoms with Crippen molar-refractivity contribution in [3.63, 3.8) is 0 Å². The van der Waals surface area contributed by atoms with Gasteiger partial charge in [-0.25, -0.2) is 0 Å². The van der Waals surface area contributed by atoms with Gasteiger partial charge in [-0.15, -0.1) is 0 Å². The van der Waals surface area contributed by atoms with Crippen LogP contribution in [0.25, 0.3) is 0 Å². The summed E-state index contributed by atoms with van der Waals surface area (Å²) in [5.41, 5.74) is -1.07. The fourth-order valence-electron chi connectivity index (χ4n) is 4.63. The summed E-state index contributed by atoms with van der Waals surface area (Å²) in [5, 5.41) is 21.4. The maximum atomic E-state index is 11.8. The van der Waals surface area contributed by atoms with Gasteiger partial charge in [0.05, 0.1) is 17.6 Å². The lowest BCUT2D eigenvalue weighted by Crippen LogP contribution is -2.61. The number of ether oxygens (including phenoxy) is 1. The van der Waals surface area contributed by atoms with Crippen molar-refractivity contribution in [3.05, 3.63) is 0 Å². The molecule has 3 rings (SSSR count). The molecule has 0 aromatic rings. The van der Waals surface area contributed by atoms with Gasteiger partial charge in [0, 0.05) is 11.3 Å². The summed E-state index contributed by atoms with van der Waals surface area (Å²) < 4.78 is 5.44. The number of esters is 1. The average Bonchev–Trinajstić information content (AvgIpc) is 2.58. The normalized spacial score (nSPS) is 57.3. The van der Waals surface area contributed by atoms with Crippen molar-refractivity contribution < 1.29 is 19.7 Å². The Balaban J connectivity index is 1.95. The Bertz CT molecular complexity index is 405. The highest BCUT2D eigenvalue weighted by Gasteiger charge is 2.61. The maximum absolute atomic E-state index is 11.8. The standard InChI is InChI=1S/C15H24O4/c1-8-9-4-7-15(3,18)10-5-6-14(10,2)12(16)11(9)19-13(8)17/h8-12,16,18H,4-7H2,1-3H3/t8-,9-,10+,11-,12+,14+,15+/m0/s1. The molecule has 3 fully saturated rings. The largest absolute Gasteiger partial charge is 0.459 e. The summed E-state index contributed by atoms with van der Waals surface area (Å²) in [6.07, 6.45) is 2.23. The van der Waals surface area contributed by atoms with Gasteiger partial charge in [0.25, 0.3) is 0 Å². The molecule has 0 aromatic carbocycles. The van der Waals surface area contributed by atoms with E-state index in [0.29, 0.717) is 6.42 Å². The van der Waals surface area contributed by atoms with Gasteiger partial charge in [-0.1, -0.05) is 13.8 Å².